The van der Waals surface area contributed by atoms with Crippen molar-refractivity contribution in [3.05, 3.63) is 48.0 Å². The largest absolute Gasteiger partial charge is 0.387 e. The fourth-order valence-corrected chi connectivity index (χ4v) is 3.39. The number of anilines is 2. The van der Waals surface area contributed by atoms with E-state index in [-0.39, 0.29) is 23.2 Å². The summed E-state index contributed by atoms with van der Waals surface area (Å²) >= 11 is 0. The summed E-state index contributed by atoms with van der Waals surface area (Å²) in [4.78, 5) is 46.7. The quantitative estimate of drug-likeness (QED) is 0.672. The SMILES string of the molecule is CNc1ccc([C@@H]2CC[C@@H](C)CN2C(=O)C(=O)Nc2cncc(C(N)=O)c2)nc1. The van der Waals surface area contributed by atoms with E-state index >= 15 is 0 Å². The minimum atomic E-state index is -0.792. The third kappa shape index (κ3) is 4.68. The van der Waals surface area contributed by atoms with Gasteiger partial charge in [0.15, 0.2) is 0 Å². The summed E-state index contributed by atoms with van der Waals surface area (Å²) in [6.07, 6.45) is 6.02. The van der Waals surface area contributed by atoms with Crippen LogP contribution in [0.5, 0.6) is 0 Å². The Morgan fingerprint density at radius 1 is 1.14 bits per heavy atom. The molecule has 9 nitrogen and oxygen atoms in total. The van der Waals surface area contributed by atoms with Crippen molar-refractivity contribution in [2.45, 2.75) is 25.8 Å². The van der Waals surface area contributed by atoms with Gasteiger partial charge in [0.2, 0.25) is 5.91 Å². The predicted molar refractivity (Wildman–Crippen MR) is 108 cm³/mol. The zero-order valence-electron chi connectivity index (χ0n) is 16.4. The zero-order chi connectivity index (χ0) is 21.0. The number of carbonyl (C=O) groups excluding carboxylic acids is 3. The van der Waals surface area contributed by atoms with Crippen molar-refractivity contribution in [2.75, 3.05) is 24.2 Å². The van der Waals surface area contributed by atoms with Crippen LogP contribution in [-0.4, -0.2) is 46.2 Å². The Kier molecular flexibility index (Phi) is 6.06. The van der Waals surface area contributed by atoms with Crippen molar-refractivity contribution >= 4 is 29.1 Å². The Labute approximate surface area is 168 Å². The van der Waals surface area contributed by atoms with Crippen LogP contribution in [0.1, 0.15) is 41.9 Å². The van der Waals surface area contributed by atoms with E-state index in [4.69, 9.17) is 5.73 Å². The molecule has 1 aliphatic heterocycles. The molecule has 2 aromatic heterocycles. The van der Waals surface area contributed by atoms with Gasteiger partial charge in [0.05, 0.1) is 41.1 Å². The number of pyridine rings is 2. The Morgan fingerprint density at radius 2 is 1.93 bits per heavy atom. The average Bonchev–Trinajstić information content (AvgIpc) is 2.73. The van der Waals surface area contributed by atoms with E-state index in [0.717, 1.165) is 24.2 Å². The van der Waals surface area contributed by atoms with Gasteiger partial charge in [-0.05, 0) is 37.0 Å². The number of aromatic nitrogens is 2. The molecule has 9 heteroatoms. The molecule has 0 saturated carbocycles. The standard InChI is InChI=1S/C20H24N6O3/c1-12-3-6-17(16-5-4-14(22-2)10-24-16)26(11-12)20(29)19(28)25-15-7-13(18(21)27)8-23-9-15/h4-5,7-10,12,17,22H,3,6,11H2,1-2H3,(H2,21,27)(H,25,28)/t12-,17+/m1/s1. The Bertz CT molecular complexity index is 915. The fourth-order valence-electron chi connectivity index (χ4n) is 3.39. The van der Waals surface area contributed by atoms with Gasteiger partial charge in [-0.1, -0.05) is 6.92 Å². The molecule has 3 amide bonds. The molecule has 4 N–H and O–H groups in total. The molecular weight excluding hydrogens is 372 g/mol. The van der Waals surface area contributed by atoms with Crippen LogP contribution >= 0.6 is 0 Å². The zero-order valence-corrected chi connectivity index (χ0v) is 16.4. The van der Waals surface area contributed by atoms with E-state index in [2.05, 4.69) is 20.6 Å². The first-order valence-corrected chi connectivity index (χ1v) is 9.39. The van der Waals surface area contributed by atoms with Gasteiger partial charge in [0.25, 0.3) is 0 Å². The first kappa shape index (κ1) is 20.2. The molecule has 1 saturated heterocycles. The van der Waals surface area contributed by atoms with Crippen molar-refractivity contribution in [1.29, 1.82) is 0 Å². The minimum Gasteiger partial charge on any atom is -0.387 e. The molecule has 2 aromatic rings. The summed E-state index contributed by atoms with van der Waals surface area (Å²) in [5.41, 5.74) is 7.23. The molecule has 1 aliphatic rings. The van der Waals surface area contributed by atoms with Gasteiger partial charge >= 0.3 is 11.8 Å². The smallest absolute Gasteiger partial charge is 0.313 e. The van der Waals surface area contributed by atoms with E-state index in [9.17, 15) is 14.4 Å². The molecular formula is C20H24N6O3. The Morgan fingerprint density at radius 3 is 2.59 bits per heavy atom. The number of piperidine rings is 1. The lowest BCUT2D eigenvalue weighted by Gasteiger charge is -2.38. The second kappa shape index (κ2) is 8.68. The topological polar surface area (TPSA) is 130 Å². The van der Waals surface area contributed by atoms with Crippen LogP contribution in [0.25, 0.3) is 0 Å². The molecule has 0 spiro atoms. The molecule has 2 atom stereocenters. The minimum absolute atomic E-state index is 0.147. The number of nitrogens with one attached hydrogen (secondary N) is 2. The number of hydrogen-bond donors (Lipinski definition) is 3. The summed E-state index contributed by atoms with van der Waals surface area (Å²) < 4.78 is 0. The van der Waals surface area contributed by atoms with E-state index in [1.807, 2.05) is 19.1 Å². The molecule has 0 bridgehead atoms. The molecule has 29 heavy (non-hydrogen) atoms. The highest BCUT2D eigenvalue weighted by atomic mass is 16.2. The highest BCUT2D eigenvalue weighted by molar-refractivity contribution is 6.39. The number of rotatable bonds is 4. The lowest BCUT2D eigenvalue weighted by molar-refractivity contribution is -0.146. The highest BCUT2D eigenvalue weighted by Gasteiger charge is 2.35. The first-order chi connectivity index (χ1) is 13.9. The number of likely N-dealkylation sites (tertiary alicyclic amines) is 1. The van der Waals surface area contributed by atoms with Gasteiger partial charge < -0.3 is 21.3 Å². The number of hydrogen-bond acceptors (Lipinski definition) is 6. The van der Waals surface area contributed by atoms with Crippen LogP contribution in [0, 0.1) is 5.92 Å². The average molecular weight is 396 g/mol. The number of carbonyl (C=O) groups is 3. The van der Waals surface area contributed by atoms with E-state index < -0.39 is 17.7 Å². The van der Waals surface area contributed by atoms with E-state index in [0.29, 0.717) is 6.54 Å². The lowest BCUT2D eigenvalue weighted by atomic mass is 9.92. The normalized spacial score (nSPS) is 18.8. The molecule has 152 valence electrons. The van der Waals surface area contributed by atoms with Gasteiger partial charge in [-0.3, -0.25) is 24.4 Å². The van der Waals surface area contributed by atoms with Crippen molar-refractivity contribution < 1.29 is 14.4 Å². The van der Waals surface area contributed by atoms with Gasteiger partial charge in [0, 0.05) is 19.8 Å². The number of amides is 3. The van der Waals surface area contributed by atoms with Crippen LogP contribution in [-0.2, 0) is 9.59 Å². The third-order valence-electron chi connectivity index (χ3n) is 4.97. The second-order valence-corrected chi connectivity index (χ2v) is 7.16. The summed E-state index contributed by atoms with van der Waals surface area (Å²) in [6.45, 7) is 2.51. The van der Waals surface area contributed by atoms with Gasteiger partial charge in [-0.2, -0.15) is 0 Å². The summed E-state index contributed by atoms with van der Waals surface area (Å²) in [5, 5.41) is 5.52. The number of nitrogens with two attached hydrogens (primary N) is 1. The van der Waals surface area contributed by atoms with E-state index in [1.165, 1.54) is 18.5 Å². The van der Waals surface area contributed by atoms with Crippen LogP contribution in [0.2, 0.25) is 0 Å². The van der Waals surface area contributed by atoms with Crippen molar-refractivity contribution in [2.24, 2.45) is 11.7 Å². The first-order valence-electron chi connectivity index (χ1n) is 9.39. The molecule has 1 fully saturated rings. The lowest BCUT2D eigenvalue weighted by Crippen LogP contribution is -2.46. The number of primary amides is 1. The van der Waals surface area contributed by atoms with Crippen LogP contribution in [0.4, 0.5) is 11.4 Å². The monoisotopic (exact) mass is 396 g/mol. The maximum absolute atomic E-state index is 12.9. The van der Waals surface area contributed by atoms with E-state index in [1.54, 1.807) is 18.1 Å². The Hall–Kier alpha value is -3.49. The van der Waals surface area contributed by atoms with Gasteiger partial charge in [0.1, 0.15) is 0 Å². The maximum atomic E-state index is 12.9. The predicted octanol–water partition coefficient (Wildman–Crippen LogP) is 1.56. The van der Waals surface area contributed by atoms with Crippen molar-refractivity contribution in [1.82, 2.24) is 14.9 Å². The summed E-state index contributed by atoms with van der Waals surface area (Å²) in [5.74, 6) is -1.83. The molecule has 0 radical (unpaired) electrons. The van der Waals surface area contributed by atoms with Crippen LogP contribution < -0.4 is 16.4 Å². The van der Waals surface area contributed by atoms with Gasteiger partial charge in [-0.25, -0.2) is 0 Å². The van der Waals surface area contributed by atoms with Gasteiger partial charge in [-0.15, -0.1) is 0 Å². The molecule has 3 heterocycles. The van der Waals surface area contributed by atoms with Crippen molar-refractivity contribution in [3.8, 4) is 0 Å². The van der Waals surface area contributed by atoms with Crippen molar-refractivity contribution in [3.63, 3.8) is 0 Å². The molecule has 3 rings (SSSR count). The van der Waals surface area contributed by atoms with Crippen LogP contribution in [0.3, 0.4) is 0 Å². The second-order valence-electron chi connectivity index (χ2n) is 7.16. The molecule has 0 unspecified atom stereocenters. The fraction of sp³-hybridized carbons (Fsp3) is 0.350. The summed E-state index contributed by atoms with van der Waals surface area (Å²) in [7, 11) is 1.81. The third-order valence-corrected chi connectivity index (χ3v) is 4.97. The Balaban J connectivity index is 1.78. The molecule has 0 aliphatic carbocycles. The number of nitrogens with zero attached hydrogens (tertiary/aromatic N) is 3. The molecule has 0 aromatic carbocycles. The summed E-state index contributed by atoms with van der Waals surface area (Å²) in [6, 6.07) is 4.87. The highest BCUT2D eigenvalue weighted by Crippen LogP contribution is 2.32. The van der Waals surface area contributed by atoms with Crippen LogP contribution in [0.15, 0.2) is 36.8 Å². The maximum Gasteiger partial charge on any atom is 0.313 e.